The zero-order valence-electron chi connectivity index (χ0n) is 41.6. The van der Waals surface area contributed by atoms with Crippen molar-refractivity contribution in [3.63, 3.8) is 0 Å². The van der Waals surface area contributed by atoms with E-state index in [9.17, 15) is 27.6 Å². The van der Waals surface area contributed by atoms with Gasteiger partial charge in [-0.15, -0.1) is 0 Å². The van der Waals surface area contributed by atoms with Gasteiger partial charge < -0.3 is 15.1 Å². The number of carbonyl (C=O) groups is 4. The number of imide groups is 2. The molecule has 3 saturated heterocycles. The van der Waals surface area contributed by atoms with E-state index in [0.717, 1.165) is 33.2 Å². The number of hydrogen-bond donors (Lipinski definition) is 2. The number of aromatic nitrogens is 7. The molecule has 322 valence electrons. The molecule has 5 aliphatic rings. The molecule has 0 bridgehead atoms. The average molecular weight is 870 g/mol. The summed E-state index contributed by atoms with van der Waals surface area (Å²) in [5.74, 6) is -1.83. The van der Waals surface area contributed by atoms with Gasteiger partial charge >= 0.3 is 0 Å². The number of carbonyl (C=O) groups excluding carboxylic acids is 4. The van der Waals surface area contributed by atoms with Crippen molar-refractivity contribution >= 4 is 67.7 Å². The van der Waals surface area contributed by atoms with Gasteiger partial charge in [0.25, 0.3) is 21.8 Å². The molecule has 0 radical (unpaired) electrons. The van der Waals surface area contributed by atoms with E-state index in [4.69, 9.17) is 16.1 Å². The van der Waals surface area contributed by atoms with Crippen molar-refractivity contribution in [2.45, 2.75) is 69.7 Å². The van der Waals surface area contributed by atoms with Crippen LogP contribution in [0, 0.1) is 5.92 Å². The summed E-state index contributed by atoms with van der Waals surface area (Å²) in [6.07, 6.45) is 7.80. The van der Waals surface area contributed by atoms with Gasteiger partial charge in [0.05, 0.1) is 50.7 Å². The lowest BCUT2D eigenvalue weighted by Gasteiger charge is -2.39. The summed E-state index contributed by atoms with van der Waals surface area (Å²) >= 11 is 0. The molecule has 20 heteroatoms. The van der Waals surface area contributed by atoms with E-state index in [1.54, 1.807) is 12.3 Å². The zero-order valence-corrected chi connectivity index (χ0v) is 34.5. The molecule has 19 nitrogen and oxygen atoms in total. The van der Waals surface area contributed by atoms with Gasteiger partial charge in [-0.3, -0.25) is 39.0 Å². The number of pyridine rings is 1. The highest BCUT2D eigenvalue weighted by molar-refractivity contribution is 7.90. The standard InChI is InChI=1S/C42H47N13O6S/c1-25(2)55-34-20-36(46-35-9-12-43-38(47-35)27-21-45-53(24-27)62(60,61)29-4-5-29)44-22-32(34)39(49-55)52-13-10-26(11-14-52)23-50-15-17-51(18-16-50)28-3-6-30-31(19-28)42(59)54(41(30)58)33-7-8-37(56)48-40(33)57/h3,6,9,12,19-22,24-26,29,33H,4-5,7-8,10-11,13-18,23H2,1-2H3,(H,48,56,57)(H,43,44,46,47)/i15D2,16D2,17D2,18D2. The summed E-state index contributed by atoms with van der Waals surface area (Å²) < 4.78 is 101. The van der Waals surface area contributed by atoms with E-state index in [0.29, 0.717) is 76.5 Å². The van der Waals surface area contributed by atoms with Crippen LogP contribution in [0.15, 0.2) is 55.1 Å². The second-order valence-electron chi connectivity index (χ2n) is 16.2. The highest BCUT2D eigenvalue weighted by atomic mass is 32.2. The number of amides is 4. The molecule has 1 atom stereocenters. The molecule has 4 aromatic heterocycles. The third-order valence-corrected chi connectivity index (χ3v) is 13.7. The first-order valence-electron chi connectivity index (χ1n) is 24.4. The third kappa shape index (κ3) is 7.33. The van der Waals surface area contributed by atoms with Gasteiger partial charge in [0.1, 0.15) is 17.7 Å². The number of hydrogen-bond acceptors (Lipinski definition) is 15. The highest BCUT2D eigenvalue weighted by Crippen LogP contribution is 2.35. The fourth-order valence-corrected chi connectivity index (χ4v) is 9.65. The maximum atomic E-state index is 13.6. The van der Waals surface area contributed by atoms with Gasteiger partial charge in [0, 0.05) is 87.7 Å². The molecular weight excluding hydrogens is 815 g/mol. The molecular formula is C42H47N13O6S. The minimum Gasteiger partial charge on any atom is -0.369 e. The number of nitrogens with one attached hydrogen (secondary N) is 2. The number of fused-ring (bicyclic) bond motifs is 2. The molecule has 10 rings (SSSR count). The first-order valence-corrected chi connectivity index (χ1v) is 21.9. The number of piperidine rings is 2. The van der Waals surface area contributed by atoms with Crippen molar-refractivity contribution in [1.29, 1.82) is 0 Å². The van der Waals surface area contributed by atoms with Crippen molar-refractivity contribution in [1.82, 2.24) is 49.0 Å². The normalized spacial score (nSPS) is 25.6. The maximum absolute atomic E-state index is 13.6. The first kappa shape index (κ1) is 31.5. The van der Waals surface area contributed by atoms with Gasteiger partial charge in [-0.05, 0) is 76.1 Å². The Bertz CT molecular complexity index is 3090. The molecule has 2 N–H and O–H groups in total. The fourth-order valence-electron chi connectivity index (χ4n) is 8.17. The number of piperazine rings is 1. The molecule has 4 aliphatic heterocycles. The lowest BCUT2D eigenvalue weighted by Crippen LogP contribution is -2.54. The van der Waals surface area contributed by atoms with Crippen LogP contribution < -0.4 is 20.4 Å². The Labute approximate surface area is 368 Å². The molecule has 1 unspecified atom stereocenters. The van der Waals surface area contributed by atoms with E-state index in [1.807, 2.05) is 29.5 Å². The topological polar surface area (TPSA) is 214 Å². The molecule has 8 heterocycles. The Morgan fingerprint density at radius 2 is 1.66 bits per heavy atom. The summed E-state index contributed by atoms with van der Waals surface area (Å²) in [7, 11) is -3.56. The van der Waals surface area contributed by atoms with Crippen LogP contribution in [0.3, 0.4) is 0 Å². The quantitative estimate of drug-likeness (QED) is 0.183. The predicted molar refractivity (Wildman–Crippen MR) is 228 cm³/mol. The second kappa shape index (κ2) is 15.6. The third-order valence-electron chi connectivity index (χ3n) is 11.6. The molecule has 1 aliphatic carbocycles. The van der Waals surface area contributed by atoms with Crippen LogP contribution in [0.25, 0.3) is 22.3 Å². The molecule has 1 aromatic carbocycles. The lowest BCUT2D eigenvalue weighted by atomic mass is 9.95. The van der Waals surface area contributed by atoms with E-state index in [-0.39, 0.29) is 42.4 Å². The summed E-state index contributed by atoms with van der Waals surface area (Å²) in [5, 5.41) is 14.6. The first-order chi connectivity index (χ1) is 32.9. The predicted octanol–water partition coefficient (Wildman–Crippen LogP) is 3.19. The average Bonchev–Trinajstić information content (AvgIpc) is 3.85. The number of rotatable bonds is 11. The highest BCUT2D eigenvalue weighted by Gasteiger charge is 2.45. The molecule has 4 fully saturated rings. The summed E-state index contributed by atoms with van der Waals surface area (Å²) in [6.45, 7) is -8.39. The van der Waals surface area contributed by atoms with Gasteiger partial charge in [-0.2, -0.15) is 14.3 Å². The Hall–Kier alpha value is -6.28. The van der Waals surface area contributed by atoms with Crippen LogP contribution in [0.5, 0.6) is 0 Å². The summed E-state index contributed by atoms with van der Waals surface area (Å²) in [6, 6.07) is 5.38. The van der Waals surface area contributed by atoms with Crippen molar-refractivity contribution in [2.24, 2.45) is 5.92 Å². The SMILES string of the molecule is [2H]C1([2H])N(CC2CCN(c3nn(C(C)C)c4cc(Nc5ccnc(-c6cnn(S(=O)(=O)C7CC7)c6)n5)ncc34)CC2)C([2H])([2H])C([2H])([2H])N(c2ccc3c(c2)C(=O)N(C2CCC(=O)NC2=O)C3=O)C1([2H])[2H]. The largest absolute Gasteiger partial charge is 0.369 e. The van der Waals surface area contributed by atoms with Crippen LogP contribution >= 0.6 is 0 Å². The zero-order chi connectivity index (χ0) is 50.0. The smallest absolute Gasteiger partial charge is 0.262 e. The van der Waals surface area contributed by atoms with Crippen molar-refractivity contribution in [3.8, 4) is 11.4 Å². The Kier molecular flexibility index (Phi) is 7.92. The Morgan fingerprint density at radius 3 is 2.40 bits per heavy atom. The fraction of sp³-hybridized carbons (Fsp3) is 0.452. The molecule has 4 amide bonds. The lowest BCUT2D eigenvalue weighted by molar-refractivity contribution is -0.136. The van der Waals surface area contributed by atoms with Gasteiger partial charge in [-0.25, -0.2) is 23.4 Å². The van der Waals surface area contributed by atoms with E-state index in [1.165, 1.54) is 18.6 Å². The minimum absolute atomic E-state index is 0.0707. The second-order valence-corrected chi connectivity index (χ2v) is 18.3. The van der Waals surface area contributed by atoms with E-state index < -0.39 is 82.5 Å². The molecule has 0 spiro atoms. The number of benzene rings is 1. The van der Waals surface area contributed by atoms with Gasteiger partial charge in [-0.1, -0.05) is 0 Å². The Balaban J connectivity index is 0.841. The van der Waals surface area contributed by atoms with Crippen molar-refractivity contribution < 1.29 is 38.6 Å². The van der Waals surface area contributed by atoms with E-state index in [2.05, 4.69) is 30.7 Å². The number of nitrogens with zero attached hydrogens (tertiary/aromatic N) is 11. The van der Waals surface area contributed by atoms with Crippen LogP contribution in [0.2, 0.25) is 0 Å². The van der Waals surface area contributed by atoms with E-state index >= 15 is 0 Å². The monoisotopic (exact) mass is 869 g/mol. The van der Waals surface area contributed by atoms with Crippen LogP contribution in [-0.4, -0.2) is 133 Å². The van der Waals surface area contributed by atoms with Crippen LogP contribution in [-0.2, 0) is 19.6 Å². The summed E-state index contributed by atoms with van der Waals surface area (Å²) in [5.41, 5.74) is 0.314. The number of anilines is 4. The van der Waals surface area contributed by atoms with Gasteiger partial charge in [0.15, 0.2) is 11.6 Å². The van der Waals surface area contributed by atoms with Crippen molar-refractivity contribution in [3.05, 3.63) is 66.2 Å². The van der Waals surface area contributed by atoms with Crippen LogP contribution in [0.4, 0.5) is 23.1 Å². The van der Waals surface area contributed by atoms with Crippen molar-refractivity contribution in [2.75, 3.05) is 60.7 Å². The van der Waals surface area contributed by atoms with Gasteiger partial charge in [0.2, 0.25) is 11.8 Å². The maximum Gasteiger partial charge on any atom is 0.262 e. The molecule has 62 heavy (non-hydrogen) atoms. The summed E-state index contributed by atoms with van der Waals surface area (Å²) in [4.78, 5) is 68.6. The minimum atomic E-state index is -3.56. The Morgan fingerprint density at radius 1 is 0.887 bits per heavy atom. The molecule has 5 aromatic rings. The molecule has 1 saturated carbocycles. The van der Waals surface area contributed by atoms with Crippen LogP contribution in [0.1, 0.15) is 90.1 Å².